The molecule has 3 aromatic carbocycles. The maximum atomic E-state index is 13.7. The molecule has 0 spiro atoms. The highest BCUT2D eigenvalue weighted by Crippen LogP contribution is 2.49. The Balaban J connectivity index is 2.15. The van der Waals surface area contributed by atoms with Crippen molar-refractivity contribution in [3.05, 3.63) is 41.5 Å². The second-order valence-corrected chi connectivity index (χ2v) is 8.59. The minimum atomic E-state index is -0.745. The van der Waals surface area contributed by atoms with Crippen LogP contribution in [0, 0.1) is 5.92 Å². The standard InChI is InChI=1S/C28H30O8/c1-6-15(7-2)10-20(29)25-26(28(31)34-5)24(17-9-8-16(32-3)11-21(17)33-4)18-12-22-23(36-14-35-22)13-19(18)27(25)30/h8-9,11-13,15,30H,6-7,10,14H2,1-5H3. The number of aromatic hydroxyl groups is 1. The van der Waals surface area contributed by atoms with E-state index in [0.29, 0.717) is 44.9 Å². The first kappa shape index (κ1) is 25.2. The lowest BCUT2D eigenvalue weighted by molar-refractivity contribution is 0.0597. The molecule has 190 valence electrons. The van der Waals surface area contributed by atoms with Gasteiger partial charge in [-0.15, -0.1) is 0 Å². The van der Waals surface area contributed by atoms with Gasteiger partial charge in [0.25, 0.3) is 0 Å². The van der Waals surface area contributed by atoms with Crippen LogP contribution in [0.4, 0.5) is 0 Å². The molecule has 0 saturated heterocycles. The fraction of sp³-hybridized carbons (Fsp3) is 0.357. The highest BCUT2D eigenvalue weighted by atomic mass is 16.7. The lowest BCUT2D eigenvalue weighted by Crippen LogP contribution is -2.16. The second kappa shape index (κ2) is 10.4. The van der Waals surface area contributed by atoms with Crippen molar-refractivity contribution in [2.75, 3.05) is 28.1 Å². The maximum absolute atomic E-state index is 13.7. The van der Waals surface area contributed by atoms with Gasteiger partial charge in [0.05, 0.1) is 32.5 Å². The third-order valence-corrected chi connectivity index (χ3v) is 6.75. The number of hydrogen-bond donors (Lipinski definition) is 1. The lowest BCUT2D eigenvalue weighted by atomic mass is 9.84. The predicted octanol–water partition coefficient (Wildman–Crippen LogP) is 5.75. The van der Waals surface area contributed by atoms with Crippen molar-refractivity contribution in [2.24, 2.45) is 5.92 Å². The average Bonchev–Trinajstić information content (AvgIpc) is 3.37. The van der Waals surface area contributed by atoms with E-state index in [0.717, 1.165) is 12.8 Å². The Kier molecular flexibility index (Phi) is 7.24. The summed E-state index contributed by atoms with van der Waals surface area (Å²) >= 11 is 0. The Hall–Kier alpha value is -3.94. The summed E-state index contributed by atoms with van der Waals surface area (Å²) < 4.78 is 27.2. The number of methoxy groups -OCH3 is 3. The molecule has 1 aliphatic rings. The van der Waals surface area contributed by atoms with Crippen molar-refractivity contribution >= 4 is 22.5 Å². The van der Waals surface area contributed by atoms with Crippen LogP contribution in [0.15, 0.2) is 30.3 Å². The third kappa shape index (κ3) is 4.27. The number of carbonyl (C=O) groups excluding carboxylic acids is 2. The van der Waals surface area contributed by atoms with Gasteiger partial charge in [0.15, 0.2) is 17.3 Å². The van der Waals surface area contributed by atoms with Gasteiger partial charge in [-0.2, -0.15) is 0 Å². The molecule has 0 unspecified atom stereocenters. The van der Waals surface area contributed by atoms with Crippen molar-refractivity contribution in [1.29, 1.82) is 0 Å². The van der Waals surface area contributed by atoms with Crippen LogP contribution in [-0.4, -0.2) is 45.0 Å². The molecule has 4 rings (SSSR count). The monoisotopic (exact) mass is 494 g/mol. The molecule has 0 aromatic heterocycles. The summed E-state index contributed by atoms with van der Waals surface area (Å²) in [6.07, 6.45) is 1.77. The largest absolute Gasteiger partial charge is 0.507 e. The first-order valence-electron chi connectivity index (χ1n) is 11.8. The van der Waals surface area contributed by atoms with Gasteiger partial charge in [-0.25, -0.2) is 4.79 Å². The summed E-state index contributed by atoms with van der Waals surface area (Å²) in [4.78, 5) is 27.0. The van der Waals surface area contributed by atoms with E-state index < -0.39 is 5.97 Å². The van der Waals surface area contributed by atoms with Crippen molar-refractivity contribution in [3.8, 4) is 39.9 Å². The Bertz CT molecular complexity index is 1320. The van der Waals surface area contributed by atoms with E-state index in [-0.39, 0.29) is 41.8 Å². The van der Waals surface area contributed by atoms with Crippen LogP contribution in [0.25, 0.3) is 21.9 Å². The van der Waals surface area contributed by atoms with Crippen LogP contribution in [0.2, 0.25) is 0 Å². The number of carbonyl (C=O) groups is 2. The maximum Gasteiger partial charge on any atom is 0.339 e. The summed E-state index contributed by atoms with van der Waals surface area (Å²) in [5, 5.41) is 12.3. The van der Waals surface area contributed by atoms with E-state index in [1.807, 2.05) is 13.8 Å². The summed E-state index contributed by atoms with van der Waals surface area (Å²) in [7, 11) is 4.29. The Morgan fingerprint density at radius 3 is 2.19 bits per heavy atom. The number of esters is 1. The van der Waals surface area contributed by atoms with Crippen LogP contribution < -0.4 is 18.9 Å². The van der Waals surface area contributed by atoms with Gasteiger partial charge in [-0.1, -0.05) is 26.7 Å². The lowest BCUT2D eigenvalue weighted by Gasteiger charge is -2.21. The van der Waals surface area contributed by atoms with Gasteiger partial charge in [0, 0.05) is 29.0 Å². The average molecular weight is 495 g/mol. The highest BCUT2D eigenvalue weighted by Gasteiger charge is 2.32. The smallest absolute Gasteiger partial charge is 0.339 e. The first-order chi connectivity index (χ1) is 17.4. The molecular weight excluding hydrogens is 464 g/mol. The first-order valence-corrected chi connectivity index (χ1v) is 11.8. The predicted molar refractivity (Wildman–Crippen MR) is 135 cm³/mol. The quantitative estimate of drug-likeness (QED) is 0.296. The number of ketones is 1. The normalized spacial score (nSPS) is 12.2. The van der Waals surface area contributed by atoms with E-state index in [4.69, 9.17) is 23.7 Å². The van der Waals surface area contributed by atoms with E-state index >= 15 is 0 Å². The van der Waals surface area contributed by atoms with E-state index in [1.54, 1.807) is 37.4 Å². The number of ether oxygens (including phenoxy) is 5. The summed E-state index contributed by atoms with van der Waals surface area (Å²) in [6.45, 7) is 4.05. The number of rotatable bonds is 9. The molecule has 1 N–H and O–H groups in total. The Morgan fingerprint density at radius 2 is 1.61 bits per heavy atom. The third-order valence-electron chi connectivity index (χ3n) is 6.75. The van der Waals surface area contributed by atoms with Gasteiger partial charge >= 0.3 is 5.97 Å². The molecule has 0 radical (unpaired) electrons. The molecular formula is C28H30O8. The fourth-order valence-electron chi connectivity index (χ4n) is 4.66. The zero-order valence-electron chi connectivity index (χ0n) is 21.1. The van der Waals surface area contributed by atoms with Crippen LogP contribution in [0.1, 0.15) is 53.8 Å². The van der Waals surface area contributed by atoms with Crippen molar-refractivity contribution in [3.63, 3.8) is 0 Å². The zero-order valence-corrected chi connectivity index (χ0v) is 21.1. The minimum Gasteiger partial charge on any atom is -0.507 e. The van der Waals surface area contributed by atoms with Crippen molar-refractivity contribution in [2.45, 2.75) is 33.1 Å². The van der Waals surface area contributed by atoms with Crippen molar-refractivity contribution < 1.29 is 38.4 Å². The van der Waals surface area contributed by atoms with Gasteiger partial charge in [0.1, 0.15) is 17.2 Å². The number of fused-ring (bicyclic) bond motifs is 2. The molecule has 0 aliphatic carbocycles. The summed E-state index contributed by atoms with van der Waals surface area (Å²) in [5.74, 6) is 0.603. The van der Waals surface area contributed by atoms with Gasteiger partial charge in [-0.05, 0) is 35.6 Å². The number of benzene rings is 3. The molecule has 8 heteroatoms. The van der Waals surface area contributed by atoms with Gasteiger partial charge < -0.3 is 28.8 Å². The summed E-state index contributed by atoms with van der Waals surface area (Å²) in [5.41, 5.74) is 0.813. The molecule has 0 fully saturated rings. The Morgan fingerprint density at radius 1 is 0.944 bits per heavy atom. The molecule has 1 aliphatic heterocycles. The fourth-order valence-corrected chi connectivity index (χ4v) is 4.66. The van der Waals surface area contributed by atoms with Crippen LogP contribution in [-0.2, 0) is 4.74 Å². The molecule has 0 saturated carbocycles. The van der Waals surface area contributed by atoms with E-state index in [1.165, 1.54) is 14.2 Å². The molecule has 1 heterocycles. The molecule has 3 aromatic rings. The van der Waals surface area contributed by atoms with E-state index in [2.05, 4.69) is 0 Å². The van der Waals surface area contributed by atoms with E-state index in [9.17, 15) is 14.7 Å². The molecule has 0 atom stereocenters. The number of phenolic OH excluding ortho intramolecular Hbond substituents is 1. The van der Waals surface area contributed by atoms with Crippen molar-refractivity contribution in [1.82, 2.24) is 0 Å². The second-order valence-electron chi connectivity index (χ2n) is 8.59. The molecule has 0 amide bonds. The van der Waals surface area contributed by atoms with Crippen LogP contribution in [0.3, 0.4) is 0 Å². The summed E-state index contributed by atoms with van der Waals surface area (Å²) in [6, 6.07) is 8.49. The number of phenols is 1. The molecule has 8 nitrogen and oxygen atoms in total. The van der Waals surface area contributed by atoms with Crippen LogP contribution in [0.5, 0.6) is 28.7 Å². The SMILES string of the molecule is CCC(CC)CC(=O)c1c(C(=O)OC)c(-c2ccc(OC)cc2OC)c2cc3c(cc2c1O)OCO3. The zero-order chi connectivity index (χ0) is 26.0. The Labute approximate surface area is 209 Å². The van der Waals surface area contributed by atoms with Gasteiger partial charge in [0.2, 0.25) is 6.79 Å². The number of hydrogen-bond acceptors (Lipinski definition) is 8. The van der Waals surface area contributed by atoms with Gasteiger partial charge in [-0.3, -0.25) is 4.79 Å². The highest BCUT2D eigenvalue weighted by molar-refractivity contribution is 6.20. The number of Topliss-reactive ketones (excluding diaryl/α,β-unsaturated/α-hetero) is 1. The van der Waals surface area contributed by atoms with Crippen LogP contribution >= 0.6 is 0 Å². The topological polar surface area (TPSA) is 101 Å². The minimum absolute atomic E-state index is 0.0257. The molecule has 0 bridgehead atoms. The molecule has 36 heavy (non-hydrogen) atoms.